The van der Waals surface area contributed by atoms with Crippen LogP contribution in [-0.4, -0.2) is 23.6 Å². The van der Waals surface area contributed by atoms with Crippen LogP contribution in [0.2, 0.25) is 0 Å². The minimum Gasteiger partial charge on any atom is -0.493 e. The third kappa shape index (κ3) is 2.86. The molecule has 1 atom stereocenters. The molecule has 0 saturated heterocycles. The highest BCUT2D eigenvalue weighted by Gasteiger charge is 2.35. The molecule has 17 heavy (non-hydrogen) atoms. The Morgan fingerprint density at radius 3 is 2.82 bits per heavy atom. The van der Waals surface area contributed by atoms with Gasteiger partial charge in [0.2, 0.25) is 0 Å². The third-order valence-corrected chi connectivity index (χ3v) is 2.95. The monoisotopic (exact) mass is 234 g/mol. The second kappa shape index (κ2) is 5.32. The van der Waals surface area contributed by atoms with Crippen LogP contribution in [0.1, 0.15) is 36.5 Å². The first kappa shape index (κ1) is 12.1. The number of Topliss-reactive ketones (excluding diaryl/α,β-unsaturated/α-hetero) is 1. The predicted molar refractivity (Wildman–Crippen MR) is 65.3 cm³/mol. The maximum absolute atomic E-state index is 12.1. The molecule has 3 heteroatoms. The summed E-state index contributed by atoms with van der Waals surface area (Å²) in [5.41, 5.74) is 0.500. The van der Waals surface area contributed by atoms with Crippen LogP contribution in [0.5, 0.6) is 5.75 Å². The van der Waals surface area contributed by atoms with Gasteiger partial charge in [0, 0.05) is 0 Å². The van der Waals surface area contributed by atoms with E-state index in [1.54, 1.807) is 18.2 Å². The lowest BCUT2D eigenvalue weighted by molar-refractivity contribution is 0.0700. The van der Waals surface area contributed by atoms with Crippen molar-refractivity contribution in [3.8, 4) is 5.75 Å². The van der Waals surface area contributed by atoms with E-state index in [9.17, 15) is 9.90 Å². The number of carbonyl (C=O) groups is 1. The lowest BCUT2D eigenvalue weighted by atomic mass is 10.0. The first-order valence-corrected chi connectivity index (χ1v) is 6.18. The molecule has 1 aliphatic carbocycles. The molecule has 3 nitrogen and oxygen atoms in total. The fourth-order valence-electron chi connectivity index (χ4n) is 1.79. The summed E-state index contributed by atoms with van der Waals surface area (Å²) in [6.07, 6.45) is 1.94. The summed E-state index contributed by atoms with van der Waals surface area (Å²) in [5.74, 6) is 0.528. The van der Waals surface area contributed by atoms with Crippen LogP contribution >= 0.6 is 0 Å². The molecule has 0 heterocycles. The summed E-state index contributed by atoms with van der Waals surface area (Å²) < 4.78 is 5.53. The fraction of sp³-hybridized carbons (Fsp3) is 0.500. The minimum absolute atomic E-state index is 0.154. The molecule has 0 bridgehead atoms. The van der Waals surface area contributed by atoms with Crippen LogP contribution in [0.15, 0.2) is 24.3 Å². The number of hydrogen-bond donors (Lipinski definition) is 1. The van der Waals surface area contributed by atoms with Gasteiger partial charge < -0.3 is 9.84 Å². The number of aliphatic hydroxyl groups is 1. The van der Waals surface area contributed by atoms with Gasteiger partial charge in [0.15, 0.2) is 5.78 Å². The zero-order chi connectivity index (χ0) is 12.3. The molecule has 92 valence electrons. The first-order chi connectivity index (χ1) is 8.24. The van der Waals surface area contributed by atoms with E-state index in [4.69, 9.17) is 4.74 Å². The van der Waals surface area contributed by atoms with Gasteiger partial charge in [-0.25, -0.2) is 0 Å². The van der Waals surface area contributed by atoms with Crippen molar-refractivity contribution < 1.29 is 14.6 Å². The molecule has 1 aliphatic rings. The molecule has 2 rings (SSSR count). The highest BCUT2D eigenvalue weighted by Crippen LogP contribution is 2.35. The van der Waals surface area contributed by atoms with E-state index in [2.05, 4.69) is 0 Å². The van der Waals surface area contributed by atoms with Crippen molar-refractivity contribution in [1.82, 2.24) is 0 Å². The molecule has 0 radical (unpaired) electrons. The van der Waals surface area contributed by atoms with Gasteiger partial charge >= 0.3 is 0 Å². The number of ether oxygens (including phenoxy) is 1. The largest absolute Gasteiger partial charge is 0.493 e. The van der Waals surface area contributed by atoms with Crippen molar-refractivity contribution in [2.75, 3.05) is 6.61 Å². The highest BCUT2D eigenvalue weighted by atomic mass is 16.5. The normalized spacial score (nSPS) is 16.6. The van der Waals surface area contributed by atoms with Gasteiger partial charge in [-0.15, -0.1) is 0 Å². The molecule has 0 aliphatic heterocycles. The first-order valence-electron chi connectivity index (χ1n) is 6.18. The lowest BCUT2D eigenvalue weighted by Gasteiger charge is -2.12. The van der Waals surface area contributed by atoms with Crippen molar-refractivity contribution >= 4 is 5.78 Å². The van der Waals surface area contributed by atoms with Gasteiger partial charge in [-0.3, -0.25) is 4.79 Å². The average molecular weight is 234 g/mol. The van der Waals surface area contributed by atoms with Crippen LogP contribution in [-0.2, 0) is 0 Å². The van der Waals surface area contributed by atoms with Gasteiger partial charge in [0.25, 0.3) is 0 Å². The van der Waals surface area contributed by atoms with E-state index < -0.39 is 6.10 Å². The van der Waals surface area contributed by atoms with Gasteiger partial charge in [-0.1, -0.05) is 19.1 Å². The average Bonchev–Trinajstić information content (AvgIpc) is 3.19. The number of aliphatic hydroxyl groups excluding tert-OH is 1. The predicted octanol–water partition coefficient (Wildman–Crippen LogP) is 2.43. The zero-order valence-corrected chi connectivity index (χ0v) is 10.1. The smallest absolute Gasteiger partial charge is 0.195 e. The molecule has 1 unspecified atom stereocenters. The molecular formula is C14H18O3. The van der Waals surface area contributed by atoms with Crippen LogP contribution in [0, 0.1) is 5.92 Å². The van der Waals surface area contributed by atoms with Gasteiger partial charge in [0.05, 0.1) is 12.2 Å². The van der Waals surface area contributed by atoms with E-state index in [-0.39, 0.29) is 11.7 Å². The van der Waals surface area contributed by atoms with Gasteiger partial charge in [-0.05, 0) is 37.3 Å². The molecule has 1 aromatic rings. The zero-order valence-electron chi connectivity index (χ0n) is 10.1. The van der Waals surface area contributed by atoms with Crippen molar-refractivity contribution in [2.24, 2.45) is 5.92 Å². The summed E-state index contributed by atoms with van der Waals surface area (Å²) in [5, 5.41) is 9.86. The van der Waals surface area contributed by atoms with Crippen molar-refractivity contribution in [1.29, 1.82) is 0 Å². The quantitative estimate of drug-likeness (QED) is 0.769. The minimum atomic E-state index is -0.860. The van der Waals surface area contributed by atoms with Crippen LogP contribution in [0.3, 0.4) is 0 Å². The molecule has 1 N–H and O–H groups in total. The highest BCUT2D eigenvalue weighted by molar-refractivity contribution is 6.02. The number of ketones is 1. The summed E-state index contributed by atoms with van der Waals surface area (Å²) in [7, 11) is 0. The molecule has 0 spiro atoms. The topological polar surface area (TPSA) is 46.5 Å². The van der Waals surface area contributed by atoms with Crippen LogP contribution in [0.4, 0.5) is 0 Å². The standard InChI is InChI=1S/C14H18O3/c1-2-9-17-12-6-4-3-5-11(12)14(16)13(15)10-7-8-10/h3-6,10,13,15H,2,7-9H2,1H3. The Bertz CT molecular complexity index is 396. The van der Waals surface area contributed by atoms with Gasteiger partial charge in [-0.2, -0.15) is 0 Å². The number of carbonyl (C=O) groups excluding carboxylic acids is 1. The molecule has 0 amide bonds. The van der Waals surface area contributed by atoms with Crippen molar-refractivity contribution in [3.63, 3.8) is 0 Å². The Kier molecular flexibility index (Phi) is 3.79. The fourth-order valence-corrected chi connectivity index (χ4v) is 1.79. The van der Waals surface area contributed by atoms with E-state index in [0.29, 0.717) is 17.9 Å². The molecular weight excluding hydrogens is 216 g/mol. The summed E-state index contributed by atoms with van der Waals surface area (Å²) in [4.78, 5) is 12.1. The maximum atomic E-state index is 12.1. The Hall–Kier alpha value is -1.35. The van der Waals surface area contributed by atoms with E-state index in [1.165, 1.54) is 0 Å². The second-order valence-corrected chi connectivity index (χ2v) is 4.49. The third-order valence-electron chi connectivity index (χ3n) is 2.95. The Labute approximate surface area is 101 Å². The van der Waals surface area contributed by atoms with E-state index >= 15 is 0 Å². The molecule has 1 aromatic carbocycles. The van der Waals surface area contributed by atoms with Crippen molar-refractivity contribution in [2.45, 2.75) is 32.3 Å². The number of rotatable bonds is 6. The molecule has 0 aromatic heterocycles. The summed E-state index contributed by atoms with van der Waals surface area (Å²) >= 11 is 0. The van der Waals surface area contributed by atoms with E-state index in [0.717, 1.165) is 19.3 Å². The molecule has 1 fully saturated rings. The summed E-state index contributed by atoms with van der Waals surface area (Å²) in [6, 6.07) is 7.14. The maximum Gasteiger partial charge on any atom is 0.195 e. The van der Waals surface area contributed by atoms with Crippen LogP contribution < -0.4 is 4.74 Å². The van der Waals surface area contributed by atoms with Crippen molar-refractivity contribution in [3.05, 3.63) is 29.8 Å². The number of benzene rings is 1. The Morgan fingerprint density at radius 2 is 2.18 bits per heavy atom. The lowest BCUT2D eigenvalue weighted by Crippen LogP contribution is -2.23. The van der Waals surface area contributed by atoms with E-state index in [1.807, 2.05) is 13.0 Å². The Morgan fingerprint density at radius 1 is 1.47 bits per heavy atom. The Balaban J connectivity index is 2.15. The number of para-hydroxylation sites is 1. The second-order valence-electron chi connectivity index (χ2n) is 4.49. The van der Waals surface area contributed by atoms with Crippen LogP contribution in [0.25, 0.3) is 0 Å². The molecule has 1 saturated carbocycles. The van der Waals surface area contributed by atoms with Gasteiger partial charge in [0.1, 0.15) is 11.9 Å². The number of hydrogen-bond acceptors (Lipinski definition) is 3. The summed E-state index contributed by atoms with van der Waals surface area (Å²) in [6.45, 7) is 2.60. The SMILES string of the molecule is CCCOc1ccccc1C(=O)C(O)C1CC1.